The Morgan fingerprint density at radius 3 is 2.62 bits per heavy atom. The first kappa shape index (κ1) is 17.1. The zero-order chi connectivity index (χ0) is 16.0. The first-order valence-corrected chi connectivity index (χ1v) is 7.10. The van der Waals surface area contributed by atoms with Gasteiger partial charge < -0.3 is 10.6 Å². The van der Waals surface area contributed by atoms with Crippen LogP contribution in [-0.2, 0) is 11.3 Å². The maximum atomic E-state index is 13.9. The Morgan fingerprint density at radius 1 is 1.48 bits per heavy atom. The van der Waals surface area contributed by atoms with Crippen molar-refractivity contribution in [3.05, 3.63) is 35.1 Å². The Labute approximate surface area is 125 Å². The molecule has 1 aromatic carbocycles. The Kier molecular flexibility index (Phi) is 6.32. The van der Waals surface area contributed by atoms with Gasteiger partial charge in [-0.1, -0.05) is 19.9 Å². The third-order valence-corrected chi connectivity index (χ3v) is 3.54. The van der Waals surface area contributed by atoms with Crippen LogP contribution in [0, 0.1) is 23.1 Å². The minimum atomic E-state index is -0.464. The lowest BCUT2D eigenvalue weighted by atomic mass is 10.0. The second kappa shape index (κ2) is 7.75. The number of carbonyl (C=O) groups is 1. The van der Waals surface area contributed by atoms with Crippen LogP contribution in [0.25, 0.3) is 0 Å². The molecule has 0 aliphatic carbocycles. The second-order valence-electron chi connectivity index (χ2n) is 5.44. The van der Waals surface area contributed by atoms with Gasteiger partial charge in [-0.2, -0.15) is 5.26 Å². The summed E-state index contributed by atoms with van der Waals surface area (Å²) in [5.74, 6) is -0.324. The Bertz CT molecular complexity index is 537. The van der Waals surface area contributed by atoms with Crippen molar-refractivity contribution in [2.75, 3.05) is 6.54 Å². The van der Waals surface area contributed by atoms with E-state index in [0.29, 0.717) is 12.1 Å². The molecule has 0 heterocycles. The van der Waals surface area contributed by atoms with Gasteiger partial charge in [0.15, 0.2) is 0 Å². The molecule has 5 heteroatoms. The molecule has 4 nitrogen and oxygen atoms in total. The molecular formula is C16H22FN3O. The zero-order valence-corrected chi connectivity index (χ0v) is 12.8. The maximum absolute atomic E-state index is 13.9. The molecule has 0 radical (unpaired) electrons. The fraction of sp³-hybridized carbons (Fsp3) is 0.500. The molecule has 1 amide bonds. The van der Waals surface area contributed by atoms with Crippen molar-refractivity contribution in [3.8, 4) is 6.07 Å². The lowest BCUT2D eigenvalue weighted by Crippen LogP contribution is -2.37. The lowest BCUT2D eigenvalue weighted by Gasteiger charge is -2.24. The summed E-state index contributed by atoms with van der Waals surface area (Å²) in [5.41, 5.74) is 6.59. The average molecular weight is 291 g/mol. The van der Waals surface area contributed by atoms with Crippen LogP contribution in [-0.4, -0.2) is 23.4 Å². The van der Waals surface area contributed by atoms with Crippen LogP contribution in [0.15, 0.2) is 18.2 Å². The van der Waals surface area contributed by atoms with Gasteiger partial charge in [0.2, 0.25) is 5.91 Å². The van der Waals surface area contributed by atoms with Gasteiger partial charge in [0, 0.05) is 31.1 Å². The van der Waals surface area contributed by atoms with E-state index in [0.717, 1.165) is 0 Å². The number of nitrogens with two attached hydrogens (primary N) is 1. The van der Waals surface area contributed by atoms with Crippen molar-refractivity contribution in [1.82, 2.24) is 4.90 Å². The number of halogens is 1. The minimum Gasteiger partial charge on any atom is -0.338 e. The van der Waals surface area contributed by atoms with Crippen LogP contribution in [0.1, 0.15) is 38.3 Å². The summed E-state index contributed by atoms with van der Waals surface area (Å²) < 4.78 is 13.9. The molecule has 0 aliphatic heterocycles. The standard InChI is InChI=1S/C16H22FN3O/c1-4-20(16(21)8-15(19)11(2)3)10-13-6-5-12(9-18)7-14(13)17/h5-7,11,15H,4,8,10,19H2,1-3H3. The number of hydrogen-bond acceptors (Lipinski definition) is 3. The van der Waals surface area contributed by atoms with Crippen LogP contribution >= 0.6 is 0 Å². The Hall–Kier alpha value is -1.93. The normalized spacial score (nSPS) is 12.0. The van der Waals surface area contributed by atoms with E-state index in [1.54, 1.807) is 17.0 Å². The van der Waals surface area contributed by atoms with E-state index in [-0.39, 0.29) is 36.4 Å². The third-order valence-electron chi connectivity index (χ3n) is 3.54. The molecule has 1 rings (SSSR count). The van der Waals surface area contributed by atoms with Crippen LogP contribution in [0.4, 0.5) is 4.39 Å². The second-order valence-corrected chi connectivity index (χ2v) is 5.44. The summed E-state index contributed by atoms with van der Waals surface area (Å²) in [6, 6.07) is 5.98. The van der Waals surface area contributed by atoms with Crippen LogP contribution < -0.4 is 5.73 Å². The predicted octanol–water partition coefficient (Wildman–Crippen LogP) is 2.42. The van der Waals surface area contributed by atoms with E-state index >= 15 is 0 Å². The summed E-state index contributed by atoms with van der Waals surface area (Å²) in [5, 5.41) is 8.73. The molecule has 0 aliphatic rings. The topological polar surface area (TPSA) is 70.1 Å². The van der Waals surface area contributed by atoms with Gasteiger partial charge in [-0.3, -0.25) is 4.79 Å². The van der Waals surface area contributed by atoms with Gasteiger partial charge in [0.25, 0.3) is 0 Å². The van der Waals surface area contributed by atoms with Crippen molar-refractivity contribution in [2.24, 2.45) is 11.7 Å². The molecule has 21 heavy (non-hydrogen) atoms. The number of carbonyl (C=O) groups excluding carboxylic acids is 1. The average Bonchev–Trinajstić information content (AvgIpc) is 2.45. The van der Waals surface area contributed by atoms with Crippen molar-refractivity contribution in [3.63, 3.8) is 0 Å². The monoisotopic (exact) mass is 291 g/mol. The summed E-state index contributed by atoms with van der Waals surface area (Å²) in [7, 11) is 0. The van der Waals surface area contributed by atoms with E-state index in [9.17, 15) is 9.18 Å². The third kappa shape index (κ3) is 4.83. The van der Waals surface area contributed by atoms with Crippen molar-refractivity contribution >= 4 is 5.91 Å². The fourth-order valence-corrected chi connectivity index (χ4v) is 1.89. The summed E-state index contributed by atoms with van der Waals surface area (Å²) in [6.45, 7) is 6.46. The molecule has 0 bridgehead atoms. The number of benzene rings is 1. The number of rotatable bonds is 6. The van der Waals surface area contributed by atoms with E-state index in [4.69, 9.17) is 11.0 Å². The number of nitrogens with zero attached hydrogens (tertiary/aromatic N) is 2. The largest absolute Gasteiger partial charge is 0.338 e. The molecule has 1 unspecified atom stereocenters. The molecule has 0 saturated heterocycles. The summed E-state index contributed by atoms with van der Waals surface area (Å²) >= 11 is 0. The van der Waals surface area contributed by atoms with E-state index in [1.807, 2.05) is 26.8 Å². The molecule has 0 aromatic heterocycles. The number of nitriles is 1. The Balaban J connectivity index is 2.78. The highest BCUT2D eigenvalue weighted by Crippen LogP contribution is 2.14. The molecule has 2 N–H and O–H groups in total. The quantitative estimate of drug-likeness (QED) is 0.875. The van der Waals surface area contributed by atoms with E-state index < -0.39 is 5.82 Å². The smallest absolute Gasteiger partial charge is 0.224 e. The van der Waals surface area contributed by atoms with Gasteiger partial charge in [0.05, 0.1) is 11.6 Å². The van der Waals surface area contributed by atoms with Crippen LogP contribution in [0.2, 0.25) is 0 Å². The molecule has 0 saturated carbocycles. The van der Waals surface area contributed by atoms with Gasteiger partial charge in [0.1, 0.15) is 5.82 Å². The highest BCUT2D eigenvalue weighted by atomic mass is 19.1. The maximum Gasteiger partial charge on any atom is 0.224 e. The van der Waals surface area contributed by atoms with Gasteiger partial charge in [-0.25, -0.2) is 4.39 Å². The van der Waals surface area contributed by atoms with Gasteiger partial charge >= 0.3 is 0 Å². The van der Waals surface area contributed by atoms with Crippen LogP contribution in [0.5, 0.6) is 0 Å². The number of amides is 1. The van der Waals surface area contributed by atoms with Crippen molar-refractivity contribution in [2.45, 2.75) is 39.8 Å². The molecule has 1 aromatic rings. The molecule has 0 spiro atoms. The highest BCUT2D eigenvalue weighted by molar-refractivity contribution is 5.76. The fourth-order valence-electron chi connectivity index (χ4n) is 1.89. The van der Waals surface area contributed by atoms with Crippen molar-refractivity contribution < 1.29 is 9.18 Å². The zero-order valence-electron chi connectivity index (χ0n) is 12.8. The first-order chi connectivity index (χ1) is 9.88. The minimum absolute atomic E-state index is 0.0811. The highest BCUT2D eigenvalue weighted by Gasteiger charge is 2.19. The van der Waals surface area contributed by atoms with Crippen molar-refractivity contribution in [1.29, 1.82) is 5.26 Å². The molecular weight excluding hydrogens is 269 g/mol. The molecule has 0 fully saturated rings. The summed E-state index contributed by atoms with van der Waals surface area (Å²) in [4.78, 5) is 13.8. The Morgan fingerprint density at radius 2 is 2.14 bits per heavy atom. The lowest BCUT2D eigenvalue weighted by molar-refractivity contribution is -0.132. The molecule has 1 atom stereocenters. The van der Waals surface area contributed by atoms with Crippen LogP contribution in [0.3, 0.4) is 0 Å². The van der Waals surface area contributed by atoms with Gasteiger partial charge in [-0.15, -0.1) is 0 Å². The van der Waals surface area contributed by atoms with E-state index in [1.165, 1.54) is 6.07 Å². The first-order valence-electron chi connectivity index (χ1n) is 7.10. The van der Waals surface area contributed by atoms with E-state index in [2.05, 4.69) is 0 Å². The predicted molar refractivity (Wildman–Crippen MR) is 79.6 cm³/mol. The van der Waals surface area contributed by atoms with Gasteiger partial charge in [-0.05, 0) is 25.0 Å². The SMILES string of the molecule is CCN(Cc1ccc(C#N)cc1F)C(=O)CC(N)C(C)C. The molecule has 114 valence electrons. The summed E-state index contributed by atoms with van der Waals surface area (Å²) in [6.07, 6.45) is 0.253. The number of hydrogen-bond donors (Lipinski definition) is 1.